The Labute approximate surface area is 117 Å². The van der Waals surface area contributed by atoms with Gasteiger partial charge in [0.25, 0.3) is 0 Å². The first-order valence-corrected chi connectivity index (χ1v) is 6.28. The molecule has 0 heterocycles. The molecule has 5 heteroatoms. The van der Waals surface area contributed by atoms with Crippen LogP contribution in [0, 0.1) is 5.21 Å². The molecular formula is C15H16N2O3. The molecule has 2 rings (SSSR count). The standard InChI is InChI=1S/C15H16N2O3/c1-3-20-15-8-4-12(5-9-15)16-17(18)13-6-10-14(19-2)11-7-13/h4-11H,3H2,1-2H3. The van der Waals surface area contributed by atoms with Gasteiger partial charge < -0.3 is 14.7 Å². The molecule has 0 aliphatic rings. The Kier molecular flexibility index (Phi) is 4.55. The fourth-order valence-electron chi connectivity index (χ4n) is 1.65. The number of benzene rings is 2. The molecule has 5 nitrogen and oxygen atoms in total. The zero-order valence-electron chi connectivity index (χ0n) is 11.4. The SMILES string of the molecule is CCOc1ccc(N=[N+]([O-])c2ccc(OC)cc2)cc1. The third-order valence-electron chi connectivity index (χ3n) is 2.65. The number of methoxy groups -OCH3 is 1. The molecule has 0 fully saturated rings. The van der Waals surface area contributed by atoms with E-state index in [9.17, 15) is 5.21 Å². The Morgan fingerprint density at radius 2 is 1.60 bits per heavy atom. The lowest BCUT2D eigenvalue weighted by molar-refractivity contribution is -0.435. The topological polar surface area (TPSA) is 56.9 Å². The number of hydrogen-bond acceptors (Lipinski definition) is 4. The van der Waals surface area contributed by atoms with E-state index >= 15 is 0 Å². The molecule has 0 bridgehead atoms. The van der Waals surface area contributed by atoms with Crippen LogP contribution in [0.2, 0.25) is 0 Å². The number of ether oxygens (including phenoxy) is 2. The number of azo groups is 1. The van der Waals surface area contributed by atoms with Gasteiger partial charge in [0, 0.05) is 17.2 Å². The Bertz CT molecular complexity index is 577. The summed E-state index contributed by atoms with van der Waals surface area (Å²) in [6.07, 6.45) is 0. The van der Waals surface area contributed by atoms with E-state index in [1.165, 1.54) is 0 Å². The summed E-state index contributed by atoms with van der Waals surface area (Å²) in [6.45, 7) is 2.53. The molecule has 0 amide bonds. The molecule has 0 radical (unpaired) electrons. The Morgan fingerprint density at radius 3 is 2.15 bits per heavy atom. The van der Waals surface area contributed by atoms with Gasteiger partial charge in [0.05, 0.1) is 13.7 Å². The first-order chi connectivity index (χ1) is 9.72. The molecule has 0 unspecified atom stereocenters. The maximum Gasteiger partial charge on any atom is 0.245 e. The van der Waals surface area contributed by atoms with Crippen molar-refractivity contribution in [3.63, 3.8) is 0 Å². The predicted octanol–water partition coefficient (Wildman–Crippen LogP) is 4.02. The van der Waals surface area contributed by atoms with Crippen LogP contribution in [0.3, 0.4) is 0 Å². The van der Waals surface area contributed by atoms with E-state index in [0.717, 1.165) is 5.75 Å². The molecule has 0 aromatic heterocycles. The van der Waals surface area contributed by atoms with Crippen molar-refractivity contribution in [2.24, 2.45) is 5.11 Å². The lowest BCUT2D eigenvalue weighted by Gasteiger charge is -2.03. The third-order valence-corrected chi connectivity index (χ3v) is 2.65. The van der Waals surface area contributed by atoms with Crippen molar-refractivity contribution < 1.29 is 14.3 Å². The van der Waals surface area contributed by atoms with Crippen molar-refractivity contribution in [2.75, 3.05) is 13.7 Å². The zero-order chi connectivity index (χ0) is 14.4. The smallest absolute Gasteiger partial charge is 0.245 e. The summed E-state index contributed by atoms with van der Waals surface area (Å²) >= 11 is 0. The van der Waals surface area contributed by atoms with Crippen LogP contribution in [0.15, 0.2) is 53.6 Å². The van der Waals surface area contributed by atoms with Gasteiger partial charge in [-0.3, -0.25) is 0 Å². The molecule has 0 N–H and O–H groups in total. The molecule has 2 aromatic rings. The van der Waals surface area contributed by atoms with Gasteiger partial charge in [0.2, 0.25) is 5.69 Å². The lowest BCUT2D eigenvalue weighted by Crippen LogP contribution is -1.92. The summed E-state index contributed by atoms with van der Waals surface area (Å²) in [6, 6.07) is 13.8. The van der Waals surface area contributed by atoms with E-state index in [4.69, 9.17) is 9.47 Å². The Hall–Kier alpha value is -2.56. The monoisotopic (exact) mass is 272 g/mol. The fourth-order valence-corrected chi connectivity index (χ4v) is 1.65. The summed E-state index contributed by atoms with van der Waals surface area (Å²) in [5.41, 5.74) is 1.01. The van der Waals surface area contributed by atoms with Crippen LogP contribution in [0.4, 0.5) is 11.4 Å². The van der Waals surface area contributed by atoms with Gasteiger partial charge in [-0.15, -0.1) is 0 Å². The summed E-state index contributed by atoms with van der Waals surface area (Å²) in [7, 11) is 1.58. The number of nitrogens with zero attached hydrogens (tertiary/aromatic N) is 2. The van der Waals surface area contributed by atoms with Gasteiger partial charge >= 0.3 is 0 Å². The summed E-state index contributed by atoms with van der Waals surface area (Å²) in [4.78, 5) is 0.578. The van der Waals surface area contributed by atoms with Gasteiger partial charge in [-0.1, -0.05) is 4.86 Å². The Morgan fingerprint density at radius 1 is 1.00 bits per heavy atom. The van der Waals surface area contributed by atoms with Crippen molar-refractivity contribution >= 4 is 11.4 Å². The molecule has 0 saturated heterocycles. The molecule has 2 aromatic carbocycles. The second kappa shape index (κ2) is 6.56. The molecule has 0 spiro atoms. The van der Waals surface area contributed by atoms with Gasteiger partial charge in [0.1, 0.15) is 17.2 Å². The highest BCUT2D eigenvalue weighted by molar-refractivity contribution is 5.41. The molecule has 0 atom stereocenters. The van der Waals surface area contributed by atoms with Crippen molar-refractivity contribution in [2.45, 2.75) is 6.92 Å². The predicted molar refractivity (Wildman–Crippen MR) is 76.0 cm³/mol. The maximum atomic E-state index is 11.9. The minimum absolute atomic E-state index is 0.444. The summed E-state index contributed by atoms with van der Waals surface area (Å²) in [5, 5.41) is 15.9. The molecule has 0 aliphatic heterocycles. The fraction of sp³-hybridized carbons (Fsp3) is 0.200. The van der Waals surface area contributed by atoms with E-state index in [-0.39, 0.29) is 0 Å². The molecule has 0 saturated carbocycles. The van der Waals surface area contributed by atoms with E-state index in [1.807, 2.05) is 6.92 Å². The average Bonchev–Trinajstić information content (AvgIpc) is 2.49. The van der Waals surface area contributed by atoms with Gasteiger partial charge in [-0.2, -0.15) is 0 Å². The van der Waals surface area contributed by atoms with E-state index < -0.39 is 0 Å². The van der Waals surface area contributed by atoms with E-state index in [1.54, 1.807) is 55.6 Å². The van der Waals surface area contributed by atoms with Crippen LogP contribution >= 0.6 is 0 Å². The van der Waals surface area contributed by atoms with Gasteiger partial charge in [0.15, 0.2) is 0 Å². The highest BCUT2D eigenvalue weighted by Crippen LogP contribution is 2.22. The van der Waals surface area contributed by atoms with Gasteiger partial charge in [-0.05, 0) is 43.3 Å². The van der Waals surface area contributed by atoms with Crippen LogP contribution in [-0.2, 0) is 0 Å². The van der Waals surface area contributed by atoms with Crippen molar-refractivity contribution in [1.29, 1.82) is 0 Å². The Balaban J connectivity index is 2.15. The van der Waals surface area contributed by atoms with Crippen LogP contribution in [0.1, 0.15) is 6.92 Å². The second-order valence-electron chi connectivity index (χ2n) is 4.00. The highest BCUT2D eigenvalue weighted by Gasteiger charge is 2.04. The first-order valence-electron chi connectivity index (χ1n) is 6.28. The average molecular weight is 272 g/mol. The van der Waals surface area contributed by atoms with Crippen molar-refractivity contribution in [3.05, 3.63) is 53.7 Å². The largest absolute Gasteiger partial charge is 0.594 e. The van der Waals surface area contributed by atoms with Crippen LogP contribution in [0.25, 0.3) is 0 Å². The second-order valence-corrected chi connectivity index (χ2v) is 4.00. The maximum absolute atomic E-state index is 11.9. The third kappa shape index (κ3) is 3.47. The molecule has 0 aliphatic carbocycles. The van der Waals surface area contributed by atoms with Crippen LogP contribution in [-0.4, -0.2) is 18.6 Å². The highest BCUT2D eigenvalue weighted by atomic mass is 16.5. The lowest BCUT2D eigenvalue weighted by atomic mass is 10.3. The molecule has 20 heavy (non-hydrogen) atoms. The summed E-state index contributed by atoms with van der Waals surface area (Å²) in [5.74, 6) is 1.46. The van der Waals surface area contributed by atoms with Crippen molar-refractivity contribution in [1.82, 2.24) is 0 Å². The van der Waals surface area contributed by atoms with E-state index in [0.29, 0.717) is 28.6 Å². The number of hydrogen-bond donors (Lipinski definition) is 0. The van der Waals surface area contributed by atoms with Crippen LogP contribution in [0.5, 0.6) is 11.5 Å². The number of rotatable bonds is 5. The quantitative estimate of drug-likeness (QED) is 0.469. The minimum atomic E-state index is 0.444. The van der Waals surface area contributed by atoms with Crippen molar-refractivity contribution in [3.8, 4) is 11.5 Å². The summed E-state index contributed by atoms with van der Waals surface area (Å²) < 4.78 is 10.4. The zero-order valence-corrected chi connectivity index (χ0v) is 11.4. The van der Waals surface area contributed by atoms with Crippen LogP contribution < -0.4 is 9.47 Å². The molecule has 104 valence electrons. The first kappa shape index (κ1) is 13.9. The van der Waals surface area contributed by atoms with Gasteiger partial charge in [-0.25, -0.2) is 0 Å². The molecular weight excluding hydrogens is 256 g/mol. The van der Waals surface area contributed by atoms with E-state index in [2.05, 4.69) is 5.11 Å². The normalized spacial score (nSPS) is 11.2. The minimum Gasteiger partial charge on any atom is -0.594 e.